The molecule has 1 aliphatic rings. The Hall–Kier alpha value is -2.67. The van der Waals surface area contributed by atoms with Crippen LogP contribution in [0.15, 0.2) is 57.5 Å². The van der Waals surface area contributed by atoms with Gasteiger partial charge in [0, 0.05) is 23.0 Å². The van der Waals surface area contributed by atoms with E-state index in [1.165, 1.54) is 0 Å². The van der Waals surface area contributed by atoms with Crippen LogP contribution in [-0.4, -0.2) is 27.6 Å². The summed E-state index contributed by atoms with van der Waals surface area (Å²) in [6.07, 6.45) is 1.16. The SMILES string of the molecule is CCOc1ccc(-c2noc(C3CCC(=O)N3Cc3cccc(Br)c3)n2)cc1. The van der Waals surface area contributed by atoms with Crippen LogP contribution in [0.2, 0.25) is 0 Å². The number of ether oxygens (including phenoxy) is 1. The van der Waals surface area contributed by atoms with Gasteiger partial charge in [0.1, 0.15) is 11.8 Å². The number of carbonyl (C=O) groups is 1. The fourth-order valence-electron chi connectivity index (χ4n) is 3.38. The number of carbonyl (C=O) groups excluding carboxylic acids is 1. The van der Waals surface area contributed by atoms with Gasteiger partial charge in [-0.2, -0.15) is 4.98 Å². The minimum atomic E-state index is -0.199. The van der Waals surface area contributed by atoms with E-state index in [0.717, 1.165) is 21.3 Å². The van der Waals surface area contributed by atoms with E-state index in [0.29, 0.717) is 37.7 Å². The van der Waals surface area contributed by atoms with Crippen LogP contribution in [0.4, 0.5) is 0 Å². The van der Waals surface area contributed by atoms with Gasteiger partial charge in [0.05, 0.1) is 6.61 Å². The number of hydrogen-bond acceptors (Lipinski definition) is 5. The zero-order valence-electron chi connectivity index (χ0n) is 15.5. The molecule has 0 aliphatic carbocycles. The standard InChI is InChI=1S/C21H20BrN3O3/c1-2-27-17-8-6-15(7-9-17)20-23-21(28-24-20)18-10-11-19(26)25(18)13-14-4-3-5-16(22)12-14/h3-9,12,18H,2,10-11,13H2,1H3. The van der Waals surface area contributed by atoms with E-state index < -0.39 is 0 Å². The zero-order valence-corrected chi connectivity index (χ0v) is 17.1. The summed E-state index contributed by atoms with van der Waals surface area (Å²) in [5.41, 5.74) is 1.90. The summed E-state index contributed by atoms with van der Waals surface area (Å²) in [7, 11) is 0. The van der Waals surface area contributed by atoms with Gasteiger partial charge in [0.25, 0.3) is 0 Å². The van der Waals surface area contributed by atoms with Crippen LogP contribution in [0.1, 0.15) is 37.3 Å². The Morgan fingerprint density at radius 1 is 1.25 bits per heavy atom. The minimum absolute atomic E-state index is 0.103. The Labute approximate surface area is 171 Å². The highest BCUT2D eigenvalue weighted by atomic mass is 79.9. The second kappa shape index (κ2) is 8.14. The van der Waals surface area contributed by atoms with Crippen molar-refractivity contribution in [2.24, 2.45) is 0 Å². The first-order chi connectivity index (χ1) is 13.6. The molecule has 4 rings (SSSR count). The van der Waals surface area contributed by atoms with E-state index in [2.05, 4.69) is 26.1 Å². The molecule has 0 saturated carbocycles. The molecule has 144 valence electrons. The Morgan fingerprint density at radius 3 is 2.82 bits per heavy atom. The molecule has 1 fully saturated rings. The number of likely N-dealkylation sites (tertiary alicyclic amines) is 1. The quantitative estimate of drug-likeness (QED) is 0.551. The first-order valence-corrected chi connectivity index (χ1v) is 10.0. The van der Waals surface area contributed by atoms with Crippen molar-refractivity contribution in [3.8, 4) is 17.1 Å². The van der Waals surface area contributed by atoms with Crippen LogP contribution < -0.4 is 4.74 Å². The molecule has 0 N–H and O–H groups in total. The minimum Gasteiger partial charge on any atom is -0.494 e. The molecule has 1 amide bonds. The van der Waals surface area contributed by atoms with E-state index >= 15 is 0 Å². The van der Waals surface area contributed by atoms with Crippen LogP contribution in [0.5, 0.6) is 5.75 Å². The monoisotopic (exact) mass is 441 g/mol. The lowest BCUT2D eigenvalue weighted by molar-refractivity contribution is -0.129. The van der Waals surface area contributed by atoms with Crippen molar-refractivity contribution in [2.45, 2.75) is 32.4 Å². The Bertz CT molecular complexity index is 971. The molecule has 3 aromatic rings. The average molecular weight is 442 g/mol. The lowest BCUT2D eigenvalue weighted by Gasteiger charge is -2.22. The maximum Gasteiger partial charge on any atom is 0.249 e. The van der Waals surface area contributed by atoms with E-state index in [9.17, 15) is 4.79 Å². The number of rotatable bonds is 6. The zero-order chi connectivity index (χ0) is 19.5. The largest absolute Gasteiger partial charge is 0.494 e. The van der Waals surface area contributed by atoms with E-state index in [4.69, 9.17) is 9.26 Å². The number of halogens is 1. The van der Waals surface area contributed by atoms with Gasteiger partial charge in [-0.3, -0.25) is 4.79 Å². The van der Waals surface area contributed by atoms with Crippen LogP contribution in [0, 0.1) is 0 Å². The summed E-state index contributed by atoms with van der Waals surface area (Å²) in [6, 6.07) is 15.3. The number of amides is 1. The predicted molar refractivity (Wildman–Crippen MR) is 108 cm³/mol. The molecule has 28 heavy (non-hydrogen) atoms. The second-order valence-corrected chi connectivity index (χ2v) is 7.54. The number of benzene rings is 2. The Kier molecular flexibility index (Phi) is 5.43. The van der Waals surface area contributed by atoms with Gasteiger partial charge in [-0.15, -0.1) is 0 Å². The van der Waals surface area contributed by atoms with Gasteiger partial charge in [-0.05, 0) is 55.3 Å². The maximum absolute atomic E-state index is 12.4. The van der Waals surface area contributed by atoms with Crippen molar-refractivity contribution in [1.82, 2.24) is 15.0 Å². The Balaban J connectivity index is 1.54. The molecule has 0 radical (unpaired) electrons. The van der Waals surface area contributed by atoms with Crippen molar-refractivity contribution in [2.75, 3.05) is 6.61 Å². The fraction of sp³-hybridized carbons (Fsp3) is 0.286. The maximum atomic E-state index is 12.4. The highest BCUT2D eigenvalue weighted by molar-refractivity contribution is 9.10. The number of hydrogen-bond donors (Lipinski definition) is 0. The van der Waals surface area contributed by atoms with Crippen molar-refractivity contribution < 1.29 is 14.1 Å². The summed E-state index contributed by atoms with van der Waals surface area (Å²) in [5.74, 6) is 1.90. The molecule has 0 spiro atoms. The van der Waals surface area contributed by atoms with E-state index in [1.807, 2.05) is 60.4 Å². The third kappa shape index (κ3) is 3.94. The normalized spacial score (nSPS) is 16.6. The topological polar surface area (TPSA) is 68.5 Å². The molecule has 1 unspecified atom stereocenters. The molecule has 1 aromatic heterocycles. The highest BCUT2D eigenvalue weighted by Gasteiger charge is 2.36. The van der Waals surface area contributed by atoms with Gasteiger partial charge in [0.15, 0.2) is 0 Å². The molecule has 7 heteroatoms. The molecular weight excluding hydrogens is 422 g/mol. The van der Waals surface area contributed by atoms with Crippen molar-refractivity contribution in [3.05, 3.63) is 64.5 Å². The predicted octanol–water partition coefficient (Wildman–Crippen LogP) is 4.76. The third-order valence-electron chi connectivity index (χ3n) is 4.72. The molecular formula is C21H20BrN3O3. The highest BCUT2D eigenvalue weighted by Crippen LogP contribution is 2.34. The average Bonchev–Trinajstić information content (AvgIpc) is 3.30. The van der Waals surface area contributed by atoms with Crippen LogP contribution in [0.25, 0.3) is 11.4 Å². The first kappa shape index (κ1) is 18.7. The van der Waals surface area contributed by atoms with Gasteiger partial charge in [-0.25, -0.2) is 0 Å². The lowest BCUT2D eigenvalue weighted by Crippen LogP contribution is -2.27. The summed E-state index contributed by atoms with van der Waals surface area (Å²) in [6.45, 7) is 3.08. The van der Waals surface area contributed by atoms with Crippen LogP contribution in [0.3, 0.4) is 0 Å². The Morgan fingerprint density at radius 2 is 2.07 bits per heavy atom. The molecule has 1 atom stereocenters. The van der Waals surface area contributed by atoms with Gasteiger partial charge >= 0.3 is 0 Å². The van der Waals surface area contributed by atoms with Crippen LogP contribution >= 0.6 is 15.9 Å². The number of aromatic nitrogens is 2. The van der Waals surface area contributed by atoms with Crippen molar-refractivity contribution in [1.29, 1.82) is 0 Å². The summed E-state index contributed by atoms with van der Waals surface area (Å²) < 4.78 is 12.0. The van der Waals surface area contributed by atoms with Crippen LogP contribution in [-0.2, 0) is 11.3 Å². The van der Waals surface area contributed by atoms with Gasteiger partial charge < -0.3 is 14.2 Å². The van der Waals surface area contributed by atoms with Gasteiger partial charge in [0.2, 0.25) is 17.6 Å². The molecule has 2 heterocycles. The third-order valence-corrected chi connectivity index (χ3v) is 5.21. The summed E-state index contributed by atoms with van der Waals surface area (Å²) >= 11 is 3.48. The summed E-state index contributed by atoms with van der Waals surface area (Å²) in [5, 5.41) is 4.11. The molecule has 6 nitrogen and oxygen atoms in total. The molecule has 1 saturated heterocycles. The lowest BCUT2D eigenvalue weighted by atomic mass is 10.1. The van der Waals surface area contributed by atoms with Crippen molar-refractivity contribution >= 4 is 21.8 Å². The van der Waals surface area contributed by atoms with E-state index in [-0.39, 0.29) is 11.9 Å². The molecule has 0 bridgehead atoms. The first-order valence-electron chi connectivity index (χ1n) is 9.25. The van der Waals surface area contributed by atoms with Crippen molar-refractivity contribution in [3.63, 3.8) is 0 Å². The second-order valence-electron chi connectivity index (χ2n) is 6.62. The van der Waals surface area contributed by atoms with Gasteiger partial charge in [-0.1, -0.05) is 33.2 Å². The van der Waals surface area contributed by atoms with E-state index in [1.54, 1.807) is 0 Å². The summed E-state index contributed by atoms with van der Waals surface area (Å²) in [4.78, 5) is 18.8. The number of nitrogens with zero attached hydrogens (tertiary/aromatic N) is 3. The fourth-order valence-corrected chi connectivity index (χ4v) is 3.82. The molecule has 1 aliphatic heterocycles. The smallest absolute Gasteiger partial charge is 0.249 e. The molecule has 2 aromatic carbocycles.